The molecule has 0 aliphatic rings. The highest BCUT2D eigenvalue weighted by molar-refractivity contribution is 7.80. The van der Waals surface area contributed by atoms with E-state index in [2.05, 4.69) is 33.4 Å². The third-order valence-electron chi connectivity index (χ3n) is 1.71. The van der Waals surface area contributed by atoms with E-state index in [4.69, 9.17) is 0 Å². The number of hydrogen-bond donors (Lipinski definition) is 2. The molecule has 0 radical (unpaired) electrons. The fourth-order valence-electron chi connectivity index (χ4n) is 1.03. The van der Waals surface area contributed by atoms with Gasteiger partial charge in [0.1, 0.15) is 5.75 Å². The molecule has 0 bridgehead atoms. The fourth-order valence-corrected chi connectivity index (χ4v) is 2.36. The van der Waals surface area contributed by atoms with Gasteiger partial charge in [-0.25, -0.2) is 0 Å². The lowest BCUT2D eigenvalue weighted by Crippen LogP contribution is -2.08. The smallest absolute Gasteiger partial charge is 0.143 e. The maximum atomic E-state index is 9.69. The summed E-state index contributed by atoms with van der Waals surface area (Å²) >= 11 is 5.85. The molecule has 0 fully saturated rings. The van der Waals surface area contributed by atoms with E-state index in [9.17, 15) is 5.11 Å². The molecule has 0 spiro atoms. The van der Waals surface area contributed by atoms with Gasteiger partial charge < -0.3 is 5.11 Å². The first-order valence-electron chi connectivity index (χ1n) is 3.86. The van der Waals surface area contributed by atoms with E-state index in [1.54, 1.807) is 11.3 Å². The molecule has 0 unspecified atom stereocenters. The molecule has 0 aliphatic carbocycles. The lowest BCUT2D eigenvalue weighted by atomic mass is 9.94. The van der Waals surface area contributed by atoms with Crippen molar-refractivity contribution in [2.45, 2.75) is 38.0 Å². The second-order valence-corrected chi connectivity index (χ2v) is 5.61. The number of rotatable bonds is 0. The second-order valence-electron chi connectivity index (χ2n) is 3.93. The molecule has 0 aromatic carbocycles. The van der Waals surface area contributed by atoms with Crippen LogP contribution in [0.3, 0.4) is 0 Å². The van der Waals surface area contributed by atoms with Gasteiger partial charge in [0, 0.05) is 4.88 Å². The van der Waals surface area contributed by atoms with Gasteiger partial charge in [-0.05, 0) is 12.3 Å². The molecule has 1 nitrogen and oxygen atoms in total. The Morgan fingerprint density at radius 1 is 1.33 bits per heavy atom. The molecular weight excluding hydrogens is 188 g/mol. The molecule has 0 saturated carbocycles. The van der Waals surface area contributed by atoms with E-state index in [1.165, 1.54) is 0 Å². The van der Waals surface area contributed by atoms with Crippen molar-refractivity contribution in [2.24, 2.45) is 0 Å². The Bertz CT molecular complexity index is 294. The van der Waals surface area contributed by atoms with Crippen LogP contribution < -0.4 is 0 Å². The topological polar surface area (TPSA) is 20.2 Å². The summed E-state index contributed by atoms with van der Waals surface area (Å²) in [5.41, 5.74) is 0.0144. The summed E-state index contributed by atoms with van der Waals surface area (Å²) in [7, 11) is 0. The molecule has 1 rings (SSSR count). The molecule has 68 valence electrons. The van der Waals surface area contributed by atoms with Gasteiger partial charge in [-0.3, -0.25) is 0 Å². The number of hydrogen-bond acceptors (Lipinski definition) is 3. The SMILES string of the molecule is Cc1sc(C(C)(C)C)c(O)c1S. The first-order valence-corrected chi connectivity index (χ1v) is 5.12. The number of thiol groups is 1. The summed E-state index contributed by atoms with van der Waals surface area (Å²) in [5.74, 6) is 0.355. The zero-order chi connectivity index (χ0) is 9.52. The van der Waals surface area contributed by atoms with Gasteiger partial charge in [0.05, 0.1) is 9.77 Å². The zero-order valence-electron chi connectivity index (χ0n) is 7.80. The molecule has 1 aromatic rings. The summed E-state index contributed by atoms with van der Waals surface area (Å²) in [5, 5.41) is 9.69. The van der Waals surface area contributed by atoms with Crippen LogP contribution in [0.15, 0.2) is 4.90 Å². The number of aryl methyl sites for hydroxylation is 1. The van der Waals surface area contributed by atoms with Crippen molar-refractivity contribution in [1.82, 2.24) is 0 Å². The lowest BCUT2D eigenvalue weighted by Gasteiger charge is -2.16. The highest BCUT2D eigenvalue weighted by atomic mass is 32.1. The van der Waals surface area contributed by atoms with Gasteiger partial charge in [-0.15, -0.1) is 24.0 Å². The largest absolute Gasteiger partial charge is 0.506 e. The average Bonchev–Trinajstić information content (AvgIpc) is 2.15. The van der Waals surface area contributed by atoms with Crippen molar-refractivity contribution in [3.05, 3.63) is 9.75 Å². The summed E-state index contributed by atoms with van der Waals surface area (Å²) in [6, 6.07) is 0. The Morgan fingerprint density at radius 2 is 1.83 bits per heavy atom. The van der Waals surface area contributed by atoms with Crippen LogP contribution in [0.25, 0.3) is 0 Å². The molecule has 0 atom stereocenters. The van der Waals surface area contributed by atoms with Crippen LogP contribution in [0.2, 0.25) is 0 Å². The summed E-state index contributed by atoms with van der Waals surface area (Å²) in [6.45, 7) is 8.24. The van der Waals surface area contributed by atoms with E-state index in [-0.39, 0.29) is 5.41 Å². The Hall–Kier alpha value is -0.150. The molecule has 0 amide bonds. The maximum absolute atomic E-state index is 9.69. The predicted octanol–water partition coefficient (Wildman–Crippen LogP) is 3.35. The van der Waals surface area contributed by atoms with Crippen LogP contribution in [0.5, 0.6) is 5.75 Å². The third kappa shape index (κ3) is 1.62. The van der Waals surface area contributed by atoms with Gasteiger partial charge in [-0.2, -0.15) is 0 Å². The van der Waals surface area contributed by atoms with E-state index in [1.807, 2.05) is 6.92 Å². The molecule has 1 aromatic heterocycles. The second kappa shape index (κ2) is 2.96. The van der Waals surface area contributed by atoms with Crippen LogP contribution >= 0.6 is 24.0 Å². The maximum Gasteiger partial charge on any atom is 0.143 e. The van der Waals surface area contributed by atoms with E-state index in [0.29, 0.717) is 5.75 Å². The Balaban J connectivity index is 3.28. The number of aromatic hydroxyl groups is 1. The summed E-state index contributed by atoms with van der Waals surface area (Å²) in [6.07, 6.45) is 0. The van der Waals surface area contributed by atoms with Crippen LogP contribution in [0, 0.1) is 6.92 Å². The van der Waals surface area contributed by atoms with Crippen molar-refractivity contribution in [3.8, 4) is 5.75 Å². The zero-order valence-corrected chi connectivity index (χ0v) is 9.51. The lowest BCUT2D eigenvalue weighted by molar-refractivity contribution is 0.442. The van der Waals surface area contributed by atoms with Gasteiger partial charge >= 0.3 is 0 Å². The van der Waals surface area contributed by atoms with E-state index in [0.717, 1.165) is 14.6 Å². The average molecular weight is 202 g/mol. The van der Waals surface area contributed by atoms with Gasteiger partial charge in [0.2, 0.25) is 0 Å². The van der Waals surface area contributed by atoms with E-state index >= 15 is 0 Å². The highest BCUT2D eigenvalue weighted by Gasteiger charge is 2.23. The molecule has 0 aliphatic heterocycles. The van der Waals surface area contributed by atoms with Crippen LogP contribution in [0.4, 0.5) is 0 Å². The van der Waals surface area contributed by atoms with Crippen molar-refractivity contribution >= 4 is 24.0 Å². The van der Waals surface area contributed by atoms with Gasteiger partial charge in [-0.1, -0.05) is 20.8 Å². The minimum Gasteiger partial charge on any atom is -0.506 e. The normalized spacial score (nSPS) is 12.1. The molecule has 12 heavy (non-hydrogen) atoms. The first kappa shape index (κ1) is 9.93. The molecule has 0 saturated heterocycles. The molecule has 1 heterocycles. The number of thiophene rings is 1. The van der Waals surface area contributed by atoms with Gasteiger partial charge in [0.15, 0.2) is 0 Å². The molecule has 3 heteroatoms. The van der Waals surface area contributed by atoms with Crippen molar-refractivity contribution in [1.29, 1.82) is 0 Å². The Labute approximate surface area is 82.8 Å². The third-order valence-corrected chi connectivity index (χ3v) is 3.93. The molecular formula is C9H14OS2. The highest BCUT2D eigenvalue weighted by Crippen LogP contribution is 2.43. The summed E-state index contributed by atoms with van der Waals surface area (Å²) < 4.78 is 0. The standard InChI is InChI=1S/C9H14OS2/c1-5-7(11)6(10)8(12-5)9(2,3)4/h10-11H,1-4H3. The monoisotopic (exact) mass is 202 g/mol. The van der Waals surface area contributed by atoms with Gasteiger partial charge in [0.25, 0.3) is 0 Å². The Morgan fingerprint density at radius 3 is 2.00 bits per heavy atom. The van der Waals surface area contributed by atoms with Crippen molar-refractivity contribution in [2.75, 3.05) is 0 Å². The minimum atomic E-state index is 0.0144. The van der Waals surface area contributed by atoms with Crippen LogP contribution in [-0.4, -0.2) is 5.11 Å². The van der Waals surface area contributed by atoms with Crippen molar-refractivity contribution in [3.63, 3.8) is 0 Å². The van der Waals surface area contributed by atoms with Crippen molar-refractivity contribution < 1.29 is 5.11 Å². The van der Waals surface area contributed by atoms with Crippen LogP contribution in [0.1, 0.15) is 30.5 Å². The minimum absolute atomic E-state index is 0.0144. The first-order chi connectivity index (χ1) is 5.34. The Kier molecular flexibility index (Phi) is 2.45. The van der Waals surface area contributed by atoms with Crippen LogP contribution in [-0.2, 0) is 5.41 Å². The molecule has 1 N–H and O–H groups in total. The van der Waals surface area contributed by atoms with E-state index < -0.39 is 0 Å². The fraction of sp³-hybridized carbons (Fsp3) is 0.556. The summed E-state index contributed by atoms with van der Waals surface area (Å²) in [4.78, 5) is 2.83. The predicted molar refractivity (Wildman–Crippen MR) is 56.7 cm³/mol. The quantitative estimate of drug-likeness (QED) is 0.618.